The number of hydrogen-bond acceptors (Lipinski definition) is 5. The molecule has 0 spiro atoms. The molecular weight excluding hydrogens is 295 g/mol. The lowest BCUT2D eigenvalue weighted by molar-refractivity contribution is -0.204. The molecule has 0 radical (unpaired) electrons. The number of halogens is 3. The van der Waals surface area contributed by atoms with Crippen LogP contribution in [0.1, 0.15) is 27.2 Å². The molecule has 6 nitrogen and oxygen atoms in total. The number of rotatable bonds is 6. The minimum Gasteiger partial charge on any atom is -0.467 e. The molecule has 0 aliphatic carbocycles. The Morgan fingerprint density at radius 3 is 2.05 bits per heavy atom. The van der Waals surface area contributed by atoms with Crippen molar-refractivity contribution in [3.63, 3.8) is 0 Å². The Morgan fingerprint density at radius 1 is 1.14 bits per heavy atom. The molecule has 0 aliphatic rings. The Morgan fingerprint density at radius 2 is 1.67 bits per heavy atom. The van der Waals surface area contributed by atoms with Gasteiger partial charge in [-0.3, -0.25) is 4.79 Å². The molecule has 0 unspecified atom stereocenters. The number of ether oxygens (including phenoxy) is 2. The van der Waals surface area contributed by atoms with Crippen LogP contribution < -0.4 is 5.32 Å². The van der Waals surface area contributed by atoms with Crippen LogP contribution in [0.3, 0.4) is 0 Å². The molecule has 0 aromatic rings. The van der Waals surface area contributed by atoms with Crippen molar-refractivity contribution in [1.29, 1.82) is 0 Å². The van der Waals surface area contributed by atoms with Crippen molar-refractivity contribution in [2.24, 2.45) is 5.92 Å². The van der Waals surface area contributed by atoms with Gasteiger partial charge in [-0.15, -0.1) is 0 Å². The van der Waals surface area contributed by atoms with E-state index in [1.807, 2.05) is 0 Å². The highest BCUT2D eigenvalue weighted by molar-refractivity contribution is 5.88. The van der Waals surface area contributed by atoms with E-state index in [-0.39, 0.29) is 12.3 Å². The highest BCUT2D eigenvalue weighted by Gasteiger charge is 2.42. The zero-order valence-electron chi connectivity index (χ0n) is 12.1. The first-order valence-corrected chi connectivity index (χ1v) is 6.15. The van der Waals surface area contributed by atoms with E-state index in [4.69, 9.17) is 0 Å². The molecule has 0 aromatic carbocycles. The summed E-state index contributed by atoms with van der Waals surface area (Å²) in [7, 11) is 1.12. The molecule has 0 saturated carbocycles. The number of hydrogen-bond donors (Lipinski definition) is 1. The normalized spacial score (nSPS) is 14.3. The Labute approximate surface area is 120 Å². The van der Waals surface area contributed by atoms with Crippen LogP contribution in [0, 0.1) is 5.92 Å². The summed E-state index contributed by atoms with van der Waals surface area (Å²) in [6.07, 6.45) is -6.63. The van der Waals surface area contributed by atoms with Gasteiger partial charge in [0.05, 0.1) is 7.11 Å². The molecule has 2 atom stereocenters. The van der Waals surface area contributed by atoms with Gasteiger partial charge in [-0.25, -0.2) is 9.59 Å². The zero-order valence-corrected chi connectivity index (χ0v) is 12.1. The highest BCUT2D eigenvalue weighted by atomic mass is 19.4. The van der Waals surface area contributed by atoms with Gasteiger partial charge in [0.25, 0.3) is 5.91 Å². The predicted molar refractivity (Wildman–Crippen MR) is 65.0 cm³/mol. The number of carbonyl (C=O) groups excluding carboxylic acids is 3. The lowest BCUT2D eigenvalue weighted by Gasteiger charge is -2.21. The molecule has 0 saturated heterocycles. The van der Waals surface area contributed by atoms with Gasteiger partial charge in [-0.1, -0.05) is 13.8 Å². The van der Waals surface area contributed by atoms with Crippen molar-refractivity contribution < 1.29 is 37.0 Å². The Balaban J connectivity index is 4.68. The first-order valence-electron chi connectivity index (χ1n) is 6.15. The van der Waals surface area contributed by atoms with Crippen LogP contribution in [0.5, 0.6) is 0 Å². The predicted octanol–water partition coefficient (Wildman–Crippen LogP) is 1.18. The maximum Gasteiger partial charge on any atom is 0.490 e. The summed E-state index contributed by atoms with van der Waals surface area (Å²) in [6.45, 7) is 4.55. The molecule has 0 aromatic heterocycles. The van der Waals surface area contributed by atoms with E-state index >= 15 is 0 Å². The fraction of sp³-hybridized carbons (Fsp3) is 0.750. The number of alkyl halides is 3. The number of carbonyl (C=O) groups is 3. The van der Waals surface area contributed by atoms with E-state index in [2.05, 4.69) is 14.8 Å². The van der Waals surface area contributed by atoms with Crippen LogP contribution in [0.2, 0.25) is 0 Å². The largest absolute Gasteiger partial charge is 0.490 e. The summed E-state index contributed by atoms with van der Waals surface area (Å²) in [5, 5.41) is 2.20. The summed E-state index contributed by atoms with van der Waals surface area (Å²) in [5.74, 6) is -4.18. The third-order valence-electron chi connectivity index (χ3n) is 2.39. The molecule has 1 N–H and O–H groups in total. The lowest BCUT2D eigenvalue weighted by Crippen LogP contribution is -2.47. The topological polar surface area (TPSA) is 81.7 Å². The summed E-state index contributed by atoms with van der Waals surface area (Å²) < 4.78 is 44.5. The average Bonchev–Trinajstić information content (AvgIpc) is 2.34. The van der Waals surface area contributed by atoms with Gasteiger partial charge in [0, 0.05) is 0 Å². The monoisotopic (exact) mass is 313 g/mol. The van der Waals surface area contributed by atoms with Crippen LogP contribution in [-0.4, -0.2) is 43.3 Å². The van der Waals surface area contributed by atoms with E-state index in [0.29, 0.717) is 0 Å². The molecule has 1 amide bonds. The number of amides is 1. The molecule has 122 valence electrons. The van der Waals surface area contributed by atoms with Crippen LogP contribution >= 0.6 is 0 Å². The van der Waals surface area contributed by atoms with Gasteiger partial charge in [0.2, 0.25) is 0 Å². The SMILES string of the molecule is COC(=O)[C@H](CC(C)C)NC(=O)[C@@H](C)OC(=O)C(F)(F)F. The smallest absolute Gasteiger partial charge is 0.467 e. The standard InChI is InChI=1S/C12H18F3NO5/c1-6(2)5-8(10(18)20-4)16-9(17)7(3)21-11(19)12(13,14)15/h6-8H,5H2,1-4H3,(H,16,17)/t7-,8+/m1/s1. The van der Waals surface area contributed by atoms with Gasteiger partial charge < -0.3 is 14.8 Å². The van der Waals surface area contributed by atoms with Crippen molar-refractivity contribution in [3.8, 4) is 0 Å². The quantitative estimate of drug-likeness (QED) is 0.745. The van der Waals surface area contributed by atoms with Crippen molar-refractivity contribution in [2.75, 3.05) is 7.11 Å². The second kappa shape index (κ2) is 7.84. The molecule has 0 heterocycles. The first-order chi connectivity index (χ1) is 9.48. The van der Waals surface area contributed by atoms with E-state index in [0.717, 1.165) is 14.0 Å². The summed E-state index contributed by atoms with van der Waals surface area (Å²) >= 11 is 0. The molecule has 0 rings (SSSR count). The van der Waals surface area contributed by atoms with E-state index in [1.54, 1.807) is 13.8 Å². The second-order valence-electron chi connectivity index (χ2n) is 4.76. The van der Waals surface area contributed by atoms with Gasteiger partial charge >= 0.3 is 18.1 Å². The summed E-state index contributed by atoms with van der Waals surface area (Å²) in [4.78, 5) is 33.7. The van der Waals surface area contributed by atoms with Crippen molar-refractivity contribution in [3.05, 3.63) is 0 Å². The molecule has 0 aliphatic heterocycles. The molecular formula is C12H18F3NO5. The van der Waals surface area contributed by atoms with Gasteiger partial charge in [-0.2, -0.15) is 13.2 Å². The summed E-state index contributed by atoms with van der Waals surface area (Å²) in [6, 6.07) is -1.02. The maximum atomic E-state index is 12.0. The van der Waals surface area contributed by atoms with Crippen molar-refractivity contribution in [2.45, 2.75) is 45.5 Å². The third-order valence-corrected chi connectivity index (χ3v) is 2.39. The molecule has 0 bridgehead atoms. The minimum atomic E-state index is -5.19. The minimum absolute atomic E-state index is 0.0300. The summed E-state index contributed by atoms with van der Waals surface area (Å²) in [5.41, 5.74) is 0. The Hall–Kier alpha value is -1.80. The fourth-order valence-electron chi connectivity index (χ4n) is 1.40. The molecule has 0 fully saturated rings. The zero-order chi connectivity index (χ0) is 16.8. The van der Waals surface area contributed by atoms with Crippen LogP contribution in [0.4, 0.5) is 13.2 Å². The number of nitrogens with one attached hydrogen (secondary N) is 1. The van der Waals surface area contributed by atoms with E-state index in [9.17, 15) is 27.6 Å². The van der Waals surface area contributed by atoms with E-state index < -0.39 is 36.2 Å². The molecule has 9 heteroatoms. The van der Waals surface area contributed by atoms with Gasteiger partial charge in [0.15, 0.2) is 6.10 Å². The lowest BCUT2D eigenvalue weighted by atomic mass is 10.0. The van der Waals surface area contributed by atoms with Crippen LogP contribution in [0.15, 0.2) is 0 Å². The number of esters is 2. The second-order valence-corrected chi connectivity index (χ2v) is 4.76. The average molecular weight is 313 g/mol. The van der Waals surface area contributed by atoms with Crippen LogP contribution in [0.25, 0.3) is 0 Å². The Kier molecular flexibility index (Phi) is 7.17. The van der Waals surface area contributed by atoms with Crippen molar-refractivity contribution >= 4 is 17.8 Å². The third kappa shape index (κ3) is 6.96. The van der Waals surface area contributed by atoms with E-state index in [1.165, 1.54) is 0 Å². The van der Waals surface area contributed by atoms with Crippen LogP contribution in [-0.2, 0) is 23.9 Å². The van der Waals surface area contributed by atoms with Gasteiger partial charge in [-0.05, 0) is 19.3 Å². The first kappa shape index (κ1) is 19.2. The highest BCUT2D eigenvalue weighted by Crippen LogP contribution is 2.17. The fourth-order valence-corrected chi connectivity index (χ4v) is 1.40. The number of methoxy groups -OCH3 is 1. The van der Waals surface area contributed by atoms with Crippen molar-refractivity contribution in [1.82, 2.24) is 5.32 Å². The Bertz CT molecular complexity index is 395. The van der Waals surface area contributed by atoms with Gasteiger partial charge in [0.1, 0.15) is 6.04 Å². The maximum absolute atomic E-state index is 12.0. The molecule has 21 heavy (non-hydrogen) atoms.